The number of anilines is 1. The van der Waals surface area contributed by atoms with Crippen LogP contribution in [0.15, 0.2) is 36.4 Å². The molecule has 0 aliphatic heterocycles. The summed E-state index contributed by atoms with van der Waals surface area (Å²) in [6.07, 6.45) is 2.86. The Kier molecular flexibility index (Phi) is 4.72. The molecule has 0 spiro atoms. The van der Waals surface area contributed by atoms with Crippen LogP contribution in [0.3, 0.4) is 0 Å². The van der Waals surface area contributed by atoms with Crippen molar-refractivity contribution in [1.82, 2.24) is 0 Å². The SMILES string of the molecule is C=C1C(C)(C)[C@@H]2CC[C@@]1(C(=O)Nc1ccc(C(=O)OCC(C)C)cc1)C2. The fourth-order valence-corrected chi connectivity index (χ4v) is 4.41. The molecule has 0 saturated heterocycles. The number of rotatable bonds is 5. The van der Waals surface area contributed by atoms with E-state index in [4.69, 9.17) is 4.74 Å². The average molecular weight is 355 g/mol. The summed E-state index contributed by atoms with van der Waals surface area (Å²) in [5.74, 6) is 0.542. The van der Waals surface area contributed by atoms with E-state index in [2.05, 4.69) is 25.7 Å². The minimum absolute atomic E-state index is 0.0274. The van der Waals surface area contributed by atoms with Gasteiger partial charge in [-0.15, -0.1) is 0 Å². The first-order valence-corrected chi connectivity index (χ1v) is 9.45. The molecular weight excluding hydrogens is 326 g/mol. The molecule has 2 bridgehead atoms. The molecule has 2 fully saturated rings. The van der Waals surface area contributed by atoms with Gasteiger partial charge in [-0.3, -0.25) is 4.79 Å². The van der Waals surface area contributed by atoms with E-state index in [1.54, 1.807) is 24.3 Å². The zero-order valence-electron chi connectivity index (χ0n) is 16.2. The molecule has 3 rings (SSSR count). The van der Waals surface area contributed by atoms with Crippen molar-refractivity contribution in [2.75, 3.05) is 11.9 Å². The van der Waals surface area contributed by atoms with E-state index in [-0.39, 0.29) is 17.3 Å². The molecule has 0 heterocycles. The Bertz CT molecular complexity index is 732. The van der Waals surface area contributed by atoms with Crippen molar-refractivity contribution < 1.29 is 14.3 Å². The van der Waals surface area contributed by atoms with Crippen LogP contribution in [0.25, 0.3) is 0 Å². The van der Waals surface area contributed by atoms with Gasteiger partial charge in [-0.05, 0) is 60.8 Å². The number of benzene rings is 1. The molecule has 26 heavy (non-hydrogen) atoms. The van der Waals surface area contributed by atoms with Gasteiger partial charge in [0, 0.05) is 5.69 Å². The van der Waals surface area contributed by atoms with Crippen LogP contribution >= 0.6 is 0 Å². The summed E-state index contributed by atoms with van der Waals surface area (Å²) in [5.41, 5.74) is 1.84. The largest absolute Gasteiger partial charge is 0.462 e. The minimum Gasteiger partial charge on any atom is -0.462 e. The summed E-state index contributed by atoms with van der Waals surface area (Å²) >= 11 is 0. The van der Waals surface area contributed by atoms with Crippen molar-refractivity contribution in [1.29, 1.82) is 0 Å². The second kappa shape index (κ2) is 6.57. The number of amides is 1. The van der Waals surface area contributed by atoms with E-state index in [1.165, 1.54) is 0 Å². The molecule has 140 valence electrons. The maximum atomic E-state index is 13.0. The van der Waals surface area contributed by atoms with Crippen LogP contribution < -0.4 is 5.32 Å². The quantitative estimate of drug-likeness (QED) is 0.608. The lowest BCUT2D eigenvalue weighted by molar-refractivity contribution is -0.123. The van der Waals surface area contributed by atoms with Crippen LogP contribution in [0.2, 0.25) is 0 Å². The standard InChI is InChI=1S/C22H29NO3/c1-14(2)13-26-19(24)16-6-8-18(9-7-16)23-20(25)22-11-10-17(12-22)21(4,5)15(22)3/h6-9,14,17H,3,10-13H2,1-2,4-5H3,(H,23,25)/t17-,22-/m1/s1. The van der Waals surface area contributed by atoms with Crippen molar-refractivity contribution in [3.05, 3.63) is 42.0 Å². The Balaban J connectivity index is 1.67. The monoisotopic (exact) mass is 355 g/mol. The Morgan fingerprint density at radius 3 is 2.46 bits per heavy atom. The first-order valence-electron chi connectivity index (χ1n) is 9.45. The van der Waals surface area contributed by atoms with Gasteiger partial charge in [-0.25, -0.2) is 4.79 Å². The third-order valence-corrected chi connectivity index (χ3v) is 6.25. The number of carbonyl (C=O) groups is 2. The Hall–Kier alpha value is -2.10. The van der Waals surface area contributed by atoms with E-state index in [9.17, 15) is 9.59 Å². The molecule has 2 aliphatic rings. The lowest BCUT2D eigenvalue weighted by Crippen LogP contribution is -2.37. The molecule has 2 saturated carbocycles. The van der Waals surface area contributed by atoms with Crippen molar-refractivity contribution >= 4 is 17.6 Å². The van der Waals surface area contributed by atoms with Crippen LogP contribution in [0.4, 0.5) is 5.69 Å². The number of hydrogen-bond acceptors (Lipinski definition) is 3. The van der Waals surface area contributed by atoms with Gasteiger partial charge in [0.05, 0.1) is 17.6 Å². The highest BCUT2D eigenvalue weighted by Gasteiger charge is 2.60. The molecule has 1 N–H and O–H groups in total. The van der Waals surface area contributed by atoms with Gasteiger partial charge in [0.1, 0.15) is 0 Å². The Morgan fingerprint density at radius 1 is 1.27 bits per heavy atom. The number of ether oxygens (including phenoxy) is 1. The van der Waals surface area contributed by atoms with Gasteiger partial charge >= 0.3 is 5.97 Å². The van der Waals surface area contributed by atoms with E-state index in [1.807, 2.05) is 13.8 Å². The molecule has 0 unspecified atom stereocenters. The number of hydrogen-bond donors (Lipinski definition) is 1. The minimum atomic E-state index is -0.441. The average Bonchev–Trinajstić information content (AvgIpc) is 3.13. The highest BCUT2D eigenvalue weighted by Crippen LogP contribution is 2.65. The van der Waals surface area contributed by atoms with Gasteiger partial charge in [0.15, 0.2) is 0 Å². The molecule has 1 amide bonds. The predicted molar refractivity (Wildman–Crippen MR) is 103 cm³/mol. The lowest BCUT2D eigenvalue weighted by atomic mass is 9.68. The van der Waals surface area contributed by atoms with E-state index < -0.39 is 5.41 Å². The normalized spacial score (nSPS) is 26.2. The third kappa shape index (κ3) is 3.06. The lowest BCUT2D eigenvalue weighted by Gasteiger charge is -2.37. The van der Waals surface area contributed by atoms with E-state index >= 15 is 0 Å². The fraction of sp³-hybridized carbons (Fsp3) is 0.545. The highest BCUT2D eigenvalue weighted by atomic mass is 16.5. The van der Waals surface area contributed by atoms with Crippen LogP contribution in [0.1, 0.15) is 57.3 Å². The first-order chi connectivity index (χ1) is 12.2. The molecular formula is C22H29NO3. The third-order valence-electron chi connectivity index (χ3n) is 6.25. The summed E-state index contributed by atoms with van der Waals surface area (Å²) in [7, 11) is 0. The molecule has 2 atom stereocenters. The summed E-state index contributed by atoms with van der Waals surface area (Å²) in [6, 6.07) is 6.91. The van der Waals surface area contributed by atoms with E-state index in [0.29, 0.717) is 29.7 Å². The van der Waals surface area contributed by atoms with Crippen molar-refractivity contribution in [2.45, 2.75) is 47.0 Å². The number of fused-ring (bicyclic) bond motifs is 2. The Labute approximate surface area is 156 Å². The first kappa shape index (κ1) is 18.7. The second-order valence-electron chi connectivity index (χ2n) is 8.75. The van der Waals surface area contributed by atoms with Crippen molar-refractivity contribution in [3.8, 4) is 0 Å². The number of nitrogens with one attached hydrogen (secondary N) is 1. The van der Waals surface area contributed by atoms with Gasteiger partial charge in [0.2, 0.25) is 5.91 Å². The summed E-state index contributed by atoms with van der Waals surface area (Å²) in [5, 5.41) is 3.03. The highest BCUT2D eigenvalue weighted by molar-refractivity contribution is 5.99. The second-order valence-corrected chi connectivity index (χ2v) is 8.75. The molecule has 4 heteroatoms. The smallest absolute Gasteiger partial charge is 0.338 e. The summed E-state index contributed by atoms with van der Waals surface area (Å²) in [6.45, 7) is 13.1. The van der Waals surface area contributed by atoms with Gasteiger partial charge in [0.25, 0.3) is 0 Å². The van der Waals surface area contributed by atoms with Crippen molar-refractivity contribution in [3.63, 3.8) is 0 Å². The molecule has 2 aliphatic carbocycles. The maximum Gasteiger partial charge on any atom is 0.338 e. The Morgan fingerprint density at radius 2 is 1.92 bits per heavy atom. The zero-order chi connectivity index (χ0) is 19.1. The summed E-state index contributed by atoms with van der Waals surface area (Å²) < 4.78 is 5.23. The van der Waals surface area contributed by atoms with Crippen LogP contribution in [-0.2, 0) is 9.53 Å². The molecule has 1 aromatic carbocycles. The van der Waals surface area contributed by atoms with Crippen LogP contribution in [0, 0.1) is 22.7 Å². The predicted octanol–water partition coefficient (Wildman–Crippen LogP) is 4.82. The maximum absolute atomic E-state index is 13.0. The van der Waals surface area contributed by atoms with Crippen LogP contribution in [0.5, 0.6) is 0 Å². The van der Waals surface area contributed by atoms with Gasteiger partial charge in [-0.1, -0.05) is 39.8 Å². The topological polar surface area (TPSA) is 55.4 Å². The van der Waals surface area contributed by atoms with Crippen molar-refractivity contribution in [2.24, 2.45) is 22.7 Å². The molecule has 1 aromatic rings. The van der Waals surface area contributed by atoms with E-state index in [0.717, 1.165) is 24.8 Å². The molecule has 0 radical (unpaired) electrons. The van der Waals surface area contributed by atoms with Gasteiger partial charge in [-0.2, -0.15) is 0 Å². The summed E-state index contributed by atoms with van der Waals surface area (Å²) in [4.78, 5) is 25.0. The van der Waals surface area contributed by atoms with Crippen LogP contribution in [-0.4, -0.2) is 18.5 Å². The number of esters is 1. The molecule has 4 nitrogen and oxygen atoms in total. The number of carbonyl (C=O) groups excluding carboxylic acids is 2. The zero-order valence-corrected chi connectivity index (χ0v) is 16.2. The van der Waals surface area contributed by atoms with Gasteiger partial charge < -0.3 is 10.1 Å². The fourth-order valence-electron chi connectivity index (χ4n) is 4.41. The molecule has 0 aromatic heterocycles.